The summed E-state index contributed by atoms with van der Waals surface area (Å²) < 4.78 is 33.2. The molecule has 2 N–H and O–H groups in total. The molecule has 190 valence electrons. The van der Waals surface area contributed by atoms with Crippen LogP contribution < -0.4 is 15.4 Å². The average Bonchev–Trinajstić information content (AvgIpc) is 2.84. The summed E-state index contributed by atoms with van der Waals surface area (Å²) in [5, 5.41) is 5.81. The van der Waals surface area contributed by atoms with Crippen LogP contribution in [0, 0.1) is 5.92 Å². The van der Waals surface area contributed by atoms with Crippen molar-refractivity contribution in [2.24, 2.45) is 5.92 Å². The molecular weight excluding hydrogens is 456 g/mol. The summed E-state index contributed by atoms with van der Waals surface area (Å²) in [4.78, 5) is 27.2. The van der Waals surface area contributed by atoms with Crippen molar-refractivity contribution in [3.63, 3.8) is 0 Å². The van der Waals surface area contributed by atoms with Gasteiger partial charge in [0.2, 0.25) is 21.8 Å². The second-order valence-electron chi connectivity index (χ2n) is 9.10. The molecule has 9 nitrogen and oxygen atoms in total. The monoisotopic (exact) mass is 494 g/mol. The predicted molar refractivity (Wildman–Crippen MR) is 131 cm³/mol. The third-order valence-corrected chi connectivity index (χ3v) is 8.37. The number of piperidine rings is 2. The van der Waals surface area contributed by atoms with Crippen molar-refractivity contribution in [2.45, 2.75) is 56.8 Å². The van der Waals surface area contributed by atoms with Crippen LogP contribution in [0.3, 0.4) is 0 Å². The second-order valence-corrected chi connectivity index (χ2v) is 11.0. The third kappa shape index (κ3) is 6.93. The number of methoxy groups -OCH3 is 1. The Balaban J connectivity index is 1.62. The van der Waals surface area contributed by atoms with E-state index in [2.05, 4.69) is 17.6 Å². The summed E-state index contributed by atoms with van der Waals surface area (Å²) in [5.74, 6) is -0.0305. The lowest BCUT2D eigenvalue weighted by atomic mass is 9.97. The molecular formula is C24H38N4O5S. The van der Waals surface area contributed by atoms with Gasteiger partial charge in [-0.25, -0.2) is 8.42 Å². The standard InChI is InChI=1S/C24H38N4O5S/c1-3-4-12-25-24(30)19-9-8-13-27(17-19)18-23(29)26-20-10-11-21(33-2)22(16-20)34(31,32)28-14-6-5-7-15-28/h10-11,16,19H,3-9,12-15,17-18H2,1-2H3,(H,25,30)(H,26,29). The van der Waals surface area contributed by atoms with Gasteiger partial charge in [-0.2, -0.15) is 4.31 Å². The fourth-order valence-corrected chi connectivity index (χ4v) is 6.25. The fraction of sp³-hybridized carbons (Fsp3) is 0.667. The van der Waals surface area contributed by atoms with Crippen molar-refractivity contribution >= 4 is 27.5 Å². The first kappa shape index (κ1) is 26.4. The van der Waals surface area contributed by atoms with Crippen molar-refractivity contribution < 1.29 is 22.7 Å². The molecule has 10 heteroatoms. The summed E-state index contributed by atoms with van der Waals surface area (Å²) in [6.07, 6.45) is 6.38. The van der Waals surface area contributed by atoms with Crippen LogP contribution in [0.1, 0.15) is 51.9 Å². The van der Waals surface area contributed by atoms with Gasteiger partial charge in [0.1, 0.15) is 10.6 Å². The van der Waals surface area contributed by atoms with E-state index in [1.807, 2.05) is 4.90 Å². The van der Waals surface area contributed by atoms with E-state index in [1.165, 1.54) is 17.5 Å². The highest BCUT2D eigenvalue weighted by Crippen LogP contribution is 2.31. The van der Waals surface area contributed by atoms with Gasteiger partial charge in [0.05, 0.1) is 19.6 Å². The van der Waals surface area contributed by atoms with Gasteiger partial charge in [-0.05, 0) is 56.8 Å². The van der Waals surface area contributed by atoms with Crippen LogP contribution in [-0.2, 0) is 19.6 Å². The molecule has 0 aliphatic carbocycles. The molecule has 2 aliphatic rings. The van der Waals surface area contributed by atoms with Gasteiger partial charge in [-0.3, -0.25) is 14.5 Å². The highest BCUT2D eigenvalue weighted by Gasteiger charge is 2.30. The average molecular weight is 495 g/mol. The summed E-state index contributed by atoms with van der Waals surface area (Å²) in [5.41, 5.74) is 0.409. The number of hydrogen-bond acceptors (Lipinski definition) is 6. The topological polar surface area (TPSA) is 108 Å². The smallest absolute Gasteiger partial charge is 0.246 e. The zero-order valence-corrected chi connectivity index (χ0v) is 21.2. The zero-order valence-electron chi connectivity index (χ0n) is 20.3. The van der Waals surface area contributed by atoms with Crippen LogP contribution in [0.5, 0.6) is 5.75 Å². The van der Waals surface area contributed by atoms with Crippen LogP contribution in [-0.4, -0.2) is 75.8 Å². The number of ether oxygens (including phenoxy) is 1. The maximum atomic E-state index is 13.2. The van der Waals surface area contributed by atoms with E-state index >= 15 is 0 Å². The highest BCUT2D eigenvalue weighted by molar-refractivity contribution is 7.89. The quantitative estimate of drug-likeness (QED) is 0.484. The van der Waals surface area contributed by atoms with E-state index < -0.39 is 10.0 Å². The van der Waals surface area contributed by atoms with Gasteiger partial charge < -0.3 is 15.4 Å². The Hall–Kier alpha value is -2.17. The lowest BCUT2D eigenvalue weighted by Crippen LogP contribution is -2.45. The molecule has 1 aromatic rings. The van der Waals surface area contributed by atoms with Crippen LogP contribution in [0.2, 0.25) is 0 Å². The first-order chi connectivity index (χ1) is 16.3. The maximum Gasteiger partial charge on any atom is 0.246 e. The molecule has 2 saturated heterocycles. The maximum absolute atomic E-state index is 13.2. The Morgan fingerprint density at radius 1 is 1.12 bits per heavy atom. The van der Waals surface area contributed by atoms with Crippen molar-refractivity contribution in [2.75, 3.05) is 51.7 Å². The number of sulfonamides is 1. The molecule has 34 heavy (non-hydrogen) atoms. The molecule has 0 saturated carbocycles. The lowest BCUT2D eigenvalue weighted by Gasteiger charge is -2.31. The Kier molecular flexibility index (Phi) is 9.73. The molecule has 1 unspecified atom stereocenters. The molecule has 2 amide bonds. The SMILES string of the molecule is CCCCNC(=O)C1CCCN(CC(=O)Nc2ccc(OC)c(S(=O)(=O)N3CCCCC3)c2)C1. The molecule has 0 bridgehead atoms. The van der Waals surface area contributed by atoms with Gasteiger partial charge in [0.15, 0.2) is 0 Å². The summed E-state index contributed by atoms with van der Waals surface area (Å²) in [6, 6.07) is 4.69. The number of amides is 2. The number of anilines is 1. The van der Waals surface area contributed by atoms with Gasteiger partial charge in [0, 0.05) is 31.9 Å². The number of nitrogens with zero attached hydrogens (tertiary/aromatic N) is 2. The first-order valence-corrected chi connectivity index (χ1v) is 13.8. The van der Waals surface area contributed by atoms with Crippen LogP contribution in [0.4, 0.5) is 5.69 Å². The van der Waals surface area contributed by atoms with Gasteiger partial charge >= 0.3 is 0 Å². The second kappa shape index (κ2) is 12.5. The number of unbranched alkanes of at least 4 members (excludes halogenated alkanes) is 1. The summed E-state index contributed by atoms with van der Waals surface area (Å²) in [6.45, 7) is 5.20. The lowest BCUT2D eigenvalue weighted by molar-refractivity contribution is -0.127. The molecule has 3 rings (SSSR count). The minimum atomic E-state index is -3.71. The fourth-order valence-electron chi connectivity index (χ4n) is 4.55. The van der Waals surface area contributed by atoms with E-state index in [1.54, 1.807) is 12.1 Å². The molecule has 1 atom stereocenters. The Morgan fingerprint density at radius 2 is 1.88 bits per heavy atom. The van der Waals surface area contributed by atoms with Crippen LogP contribution >= 0.6 is 0 Å². The van der Waals surface area contributed by atoms with Crippen LogP contribution in [0.15, 0.2) is 23.1 Å². The highest BCUT2D eigenvalue weighted by atomic mass is 32.2. The van der Waals surface area contributed by atoms with Gasteiger partial charge in [0.25, 0.3) is 0 Å². The predicted octanol–water partition coefficient (Wildman–Crippen LogP) is 2.44. The minimum absolute atomic E-state index is 0.0567. The number of rotatable bonds is 10. The number of carbonyl (C=O) groups is 2. The molecule has 2 aliphatic heterocycles. The van der Waals surface area contributed by atoms with E-state index in [-0.39, 0.29) is 34.9 Å². The Labute approximate surface area is 203 Å². The van der Waals surface area contributed by atoms with Crippen molar-refractivity contribution in [1.29, 1.82) is 0 Å². The van der Waals surface area contributed by atoms with Gasteiger partial charge in [-0.15, -0.1) is 0 Å². The van der Waals surface area contributed by atoms with E-state index in [0.717, 1.165) is 51.5 Å². The summed E-state index contributed by atoms with van der Waals surface area (Å²) >= 11 is 0. The first-order valence-electron chi connectivity index (χ1n) is 12.3. The molecule has 0 spiro atoms. The van der Waals surface area contributed by atoms with Crippen LogP contribution in [0.25, 0.3) is 0 Å². The van der Waals surface area contributed by atoms with Gasteiger partial charge in [-0.1, -0.05) is 19.8 Å². The van der Waals surface area contributed by atoms with E-state index in [9.17, 15) is 18.0 Å². The van der Waals surface area contributed by atoms with Crippen molar-refractivity contribution in [1.82, 2.24) is 14.5 Å². The number of nitrogens with one attached hydrogen (secondary N) is 2. The van der Waals surface area contributed by atoms with E-state index in [4.69, 9.17) is 4.74 Å². The molecule has 0 aromatic heterocycles. The van der Waals surface area contributed by atoms with Crippen molar-refractivity contribution in [3.05, 3.63) is 18.2 Å². The number of benzene rings is 1. The normalized spacial score (nSPS) is 20.0. The number of likely N-dealkylation sites (tertiary alicyclic amines) is 1. The number of carbonyl (C=O) groups excluding carboxylic acids is 2. The number of hydrogen-bond donors (Lipinski definition) is 2. The molecule has 2 fully saturated rings. The molecule has 0 radical (unpaired) electrons. The largest absolute Gasteiger partial charge is 0.495 e. The van der Waals surface area contributed by atoms with E-state index in [0.29, 0.717) is 31.9 Å². The minimum Gasteiger partial charge on any atom is -0.495 e. The van der Waals surface area contributed by atoms with Crippen molar-refractivity contribution in [3.8, 4) is 5.75 Å². The summed E-state index contributed by atoms with van der Waals surface area (Å²) in [7, 11) is -2.28. The Bertz CT molecular complexity index is 947. The third-order valence-electron chi connectivity index (χ3n) is 6.45. The zero-order chi connectivity index (χ0) is 24.6. The Morgan fingerprint density at radius 3 is 2.59 bits per heavy atom. The molecule has 1 aromatic carbocycles. The molecule has 2 heterocycles.